The van der Waals surface area contributed by atoms with E-state index in [1.54, 1.807) is 29.7 Å². The van der Waals surface area contributed by atoms with Crippen LogP contribution in [0, 0.1) is 0 Å². The molecule has 0 saturated carbocycles. The molecule has 5 heteroatoms. The molecule has 0 heterocycles. The van der Waals surface area contributed by atoms with Gasteiger partial charge in [-0.05, 0) is 5.56 Å². The third kappa shape index (κ3) is 2.61. The monoisotopic (exact) mass is 208 g/mol. The van der Waals surface area contributed by atoms with Crippen molar-refractivity contribution < 1.29 is 14.3 Å². The quantitative estimate of drug-likeness (QED) is 0.314. The molecule has 5 nitrogen and oxygen atoms in total. The molecule has 0 radical (unpaired) electrons. The average molecular weight is 208 g/mol. The van der Waals surface area contributed by atoms with Gasteiger partial charge in [0.15, 0.2) is 6.10 Å². The van der Waals surface area contributed by atoms with E-state index in [9.17, 15) is 9.59 Å². The maximum atomic E-state index is 11.5. The van der Waals surface area contributed by atoms with E-state index in [-0.39, 0.29) is 0 Å². The van der Waals surface area contributed by atoms with E-state index in [1.165, 1.54) is 7.11 Å². The number of benzene rings is 1. The fraction of sp³-hybridized carbons (Fsp3) is 0.200. The Morgan fingerprint density at radius 3 is 2.40 bits per heavy atom. The lowest BCUT2D eigenvalue weighted by atomic mass is 10.1. The Morgan fingerprint density at radius 2 is 1.93 bits per heavy atom. The first kappa shape index (κ1) is 11.4. The van der Waals surface area contributed by atoms with Crippen LogP contribution in [0.25, 0.3) is 0 Å². The van der Waals surface area contributed by atoms with Crippen molar-refractivity contribution in [1.82, 2.24) is 5.43 Å². The van der Waals surface area contributed by atoms with E-state index in [4.69, 9.17) is 10.6 Å². The van der Waals surface area contributed by atoms with Gasteiger partial charge in [-0.15, -0.1) is 0 Å². The molecule has 15 heavy (non-hydrogen) atoms. The molecular weight excluding hydrogens is 196 g/mol. The number of carbonyl (C=O) groups is 2. The molecule has 1 amide bonds. The van der Waals surface area contributed by atoms with Gasteiger partial charge in [-0.3, -0.25) is 15.0 Å². The van der Waals surface area contributed by atoms with Crippen molar-refractivity contribution in [3.8, 4) is 0 Å². The summed E-state index contributed by atoms with van der Waals surface area (Å²) in [5.41, 5.74) is 2.40. The van der Waals surface area contributed by atoms with Gasteiger partial charge in [0, 0.05) is 7.11 Å². The van der Waals surface area contributed by atoms with Crippen LogP contribution in [0.2, 0.25) is 0 Å². The first-order valence-corrected chi connectivity index (χ1v) is 4.33. The fourth-order valence-corrected chi connectivity index (χ4v) is 1.21. The molecule has 0 aliphatic rings. The molecule has 0 saturated heterocycles. The number of ether oxygens (including phenoxy) is 1. The zero-order valence-electron chi connectivity index (χ0n) is 8.27. The normalized spacial score (nSPS) is 11.9. The molecule has 0 fully saturated rings. The number of hydrogen-bond donors (Lipinski definition) is 2. The topological polar surface area (TPSA) is 81.4 Å². The summed E-state index contributed by atoms with van der Waals surface area (Å²) in [6.45, 7) is 0. The van der Waals surface area contributed by atoms with Crippen LogP contribution < -0.4 is 11.3 Å². The number of Topliss-reactive ketones (excluding diaryl/α,β-unsaturated/α-hetero) is 1. The van der Waals surface area contributed by atoms with Gasteiger partial charge >= 0.3 is 5.91 Å². The Labute approximate surface area is 87.2 Å². The Bertz CT molecular complexity index is 351. The summed E-state index contributed by atoms with van der Waals surface area (Å²) >= 11 is 0. The highest BCUT2D eigenvalue weighted by Gasteiger charge is 2.25. The summed E-state index contributed by atoms with van der Waals surface area (Å²) in [6, 6.07) is 8.74. The maximum absolute atomic E-state index is 11.5. The van der Waals surface area contributed by atoms with Crippen LogP contribution in [-0.4, -0.2) is 18.8 Å². The number of hydrogen-bond acceptors (Lipinski definition) is 4. The van der Waals surface area contributed by atoms with Crippen LogP contribution in [0.15, 0.2) is 30.3 Å². The van der Waals surface area contributed by atoms with Crippen molar-refractivity contribution in [3.05, 3.63) is 35.9 Å². The van der Waals surface area contributed by atoms with Crippen molar-refractivity contribution in [2.24, 2.45) is 5.84 Å². The van der Waals surface area contributed by atoms with Gasteiger partial charge < -0.3 is 4.74 Å². The number of nitrogens with one attached hydrogen (secondary N) is 1. The van der Waals surface area contributed by atoms with Gasteiger partial charge in [-0.1, -0.05) is 30.3 Å². The summed E-state index contributed by atoms with van der Waals surface area (Å²) in [5.74, 6) is 3.28. The zero-order valence-corrected chi connectivity index (χ0v) is 8.27. The highest BCUT2D eigenvalue weighted by molar-refractivity contribution is 6.37. The van der Waals surface area contributed by atoms with E-state index in [0.29, 0.717) is 5.56 Å². The van der Waals surface area contributed by atoms with Crippen LogP contribution in [0.3, 0.4) is 0 Å². The zero-order chi connectivity index (χ0) is 11.3. The van der Waals surface area contributed by atoms with Crippen molar-refractivity contribution in [2.75, 3.05) is 7.11 Å². The smallest absolute Gasteiger partial charge is 0.304 e. The lowest BCUT2D eigenvalue weighted by Crippen LogP contribution is -2.39. The van der Waals surface area contributed by atoms with Gasteiger partial charge in [0.25, 0.3) is 5.78 Å². The molecule has 0 aliphatic heterocycles. The summed E-state index contributed by atoms with van der Waals surface area (Å²) in [5, 5.41) is 0. The molecule has 3 N–H and O–H groups in total. The Morgan fingerprint density at radius 1 is 1.33 bits per heavy atom. The second-order valence-electron chi connectivity index (χ2n) is 2.86. The van der Waals surface area contributed by atoms with Crippen molar-refractivity contribution >= 4 is 11.7 Å². The number of rotatable bonds is 4. The lowest BCUT2D eigenvalue weighted by Gasteiger charge is -2.12. The summed E-state index contributed by atoms with van der Waals surface area (Å²) in [4.78, 5) is 22.5. The minimum atomic E-state index is -0.908. The molecule has 0 bridgehead atoms. The van der Waals surface area contributed by atoms with Crippen LogP contribution in [0.4, 0.5) is 0 Å². The van der Waals surface area contributed by atoms with Gasteiger partial charge in [0.2, 0.25) is 0 Å². The molecular formula is C10H12N2O3. The molecule has 1 atom stereocenters. The van der Waals surface area contributed by atoms with Crippen LogP contribution in [-0.2, 0) is 14.3 Å². The first-order valence-electron chi connectivity index (χ1n) is 4.33. The molecule has 1 aromatic rings. The maximum Gasteiger partial charge on any atom is 0.304 e. The second kappa shape index (κ2) is 5.23. The predicted octanol–water partition coefficient (Wildman–Crippen LogP) is -0.0669. The molecule has 1 unspecified atom stereocenters. The highest BCUT2D eigenvalue weighted by Crippen LogP contribution is 2.16. The minimum Gasteiger partial charge on any atom is -0.368 e. The number of hydrazine groups is 1. The number of nitrogens with two attached hydrogens (primary N) is 1. The van der Waals surface area contributed by atoms with Gasteiger partial charge in [-0.25, -0.2) is 5.84 Å². The fourth-order valence-electron chi connectivity index (χ4n) is 1.21. The van der Waals surface area contributed by atoms with Gasteiger partial charge in [0.05, 0.1) is 0 Å². The highest BCUT2D eigenvalue weighted by atomic mass is 16.5. The molecule has 0 aromatic heterocycles. The van der Waals surface area contributed by atoms with Gasteiger partial charge in [0.1, 0.15) is 0 Å². The van der Waals surface area contributed by atoms with Crippen LogP contribution in [0.1, 0.15) is 11.7 Å². The average Bonchev–Trinajstić information content (AvgIpc) is 2.30. The van der Waals surface area contributed by atoms with Gasteiger partial charge in [-0.2, -0.15) is 0 Å². The van der Waals surface area contributed by atoms with E-state index >= 15 is 0 Å². The van der Waals surface area contributed by atoms with Crippen LogP contribution >= 0.6 is 0 Å². The van der Waals surface area contributed by atoms with E-state index in [2.05, 4.69) is 0 Å². The number of ketones is 1. The van der Waals surface area contributed by atoms with Crippen LogP contribution in [0.5, 0.6) is 0 Å². The minimum absolute atomic E-state index is 0.619. The molecule has 1 rings (SSSR count). The van der Waals surface area contributed by atoms with E-state index in [1.807, 2.05) is 6.07 Å². The third-order valence-corrected chi connectivity index (χ3v) is 1.93. The first-order chi connectivity index (χ1) is 7.20. The van der Waals surface area contributed by atoms with Crippen molar-refractivity contribution in [3.63, 3.8) is 0 Å². The Balaban J connectivity index is 2.90. The summed E-state index contributed by atoms with van der Waals surface area (Å²) in [6.07, 6.45) is -0.908. The Hall–Kier alpha value is -1.72. The standard InChI is InChI=1S/C10H12N2O3/c1-15-9(8(13)10(14)12-11)7-5-3-2-4-6-7/h2-6,9H,11H2,1H3,(H,12,14). The number of methoxy groups -OCH3 is 1. The summed E-state index contributed by atoms with van der Waals surface area (Å²) < 4.78 is 4.96. The second-order valence-corrected chi connectivity index (χ2v) is 2.86. The SMILES string of the molecule is COC(C(=O)C(=O)NN)c1ccccc1. The molecule has 1 aromatic carbocycles. The van der Waals surface area contributed by atoms with E-state index in [0.717, 1.165) is 0 Å². The number of amides is 1. The third-order valence-electron chi connectivity index (χ3n) is 1.93. The predicted molar refractivity (Wildman–Crippen MR) is 53.5 cm³/mol. The Kier molecular flexibility index (Phi) is 3.96. The lowest BCUT2D eigenvalue weighted by molar-refractivity contribution is -0.144. The molecule has 80 valence electrons. The summed E-state index contributed by atoms with van der Waals surface area (Å²) in [7, 11) is 1.36. The number of carbonyl (C=O) groups excluding carboxylic acids is 2. The molecule has 0 aliphatic carbocycles. The van der Waals surface area contributed by atoms with Crippen molar-refractivity contribution in [2.45, 2.75) is 6.10 Å². The largest absolute Gasteiger partial charge is 0.368 e. The molecule has 0 spiro atoms. The van der Waals surface area contributed by atoms with Crippen molar-refractivity contribution in [1.29, 1.82) is 0 Å². The van der Waals surface area contributed by atoms with E-state index < -0.39 is 17.8 Å².